The standard InChI is InChI=1S/C10H21NO2/c1-3-10(8-13-2)11-5-4-9(6-11)7-12/h9-10,12H,3-8H2,1-2H3. The third-order valence-electron chi connectivity index (χ3n) is 2.92. The normalized spacial score (nSPS) is 26.5. The van der Waals surface area contributed by atoms with Crippen molar-refractivity contribution in [3.63, 3.8) is 0 Å². The van der Waals surface area contributed by atoms with Crippen molar-refractivity contribution in [2.45, 2.75) is 25.8 Å². The van der Waals surface area contributed by atoms with Gasteiger partial charge in [-0.25, -0.2) is 0 Å². The number of aliphatic hydroxyl groups is 1. The van der Waals surface area contributed by atoms with E-state index in [9.17, 15) is 0 Å². The summed E-state index contributed by atoms with van der Waals surface area (Å²) in [6.45, 7) is 5.50. The zero-order chi connectivity index (χ0) is 9.68. The van der Waals surface area contributed by atoms with Crippen LogP contribution in [0.1, 0.15) is 19.8 Å². The zero-order valence-electron chi connectivity index (χ0n) is 8.70. The molecule has 1 saturated heterocycles. The SMILES string of the molecule is CCC(COC)N1CCC(CO)C1. The molecule has 1 aliphatic rings. The van der Waals surface area contributed by atoms with Crippen molar-refractivity contribution in [1.82, 2.24) is 4.90 Å². The van der Waals surface area contributed by atoms with Gasteiger partial charge in [0.1, 0.15) is 0 Å². The fraction of sp³-hybridized carbons (Fsp3) is 1.00. The van der Waals surface area contributed by atoms with Gasteiger partial charge in [0.2, 0.25) is 0 Å². The Balaban J connectivity index is 2.33. The molecule has 0 amide bonds. The fourth-order valence-corrected chi connectivity index (χ4v) is 2.02. The summed E-state index contributed by atoms with van der Waals surface area (Å²) in [7, 11) is 1.75. The first kappa shape index (κ1) is 11.0. The van der Waals surface area contributed by atoms with Crippen molar-refractivity contribution in [2.24, 2.45) is 5.92 Å². The van der Waals surface area contributed by atoms with Crippen LogP contribution in [0.3, 0.4) is 0 Å². The third kappa shape index (κ3) is 2.93. The highest BCUT2D eigenvalue weighted by Crippen LogP contribution is 2.19. The number of hydrogen-bond donors (Lipinski definition) is 1. The van der Waals surface area contributed by atoms with Crippen molar-refractivity contribution in [2.75, 3.05) is 33.4 Å². The van der Waals surface area contributed by atoms with Crippen molar-refractivity contribution >= 4 is 0 Å². The topological polar surface area (TPSA) is 32.7 Å². The largest absolute Gasteiger partial charge is 0.396 e. The van der Waals surface area contributed by atoms with E-state index in [0.717, 1.165) is 32.5 Å². The minimum atomic E-state index is 0.333. The number of hydrogen-bond acceptors (Lipinski definition) is 3. The van der Waals surface area contributed by atoms with E-state index in [1.165, 1.54) is 0 Å². The summed E-state index contributed by atoms with van der Waals surface area (Å²) >= 11 is 0. The molecule has 1 aliphatic heterocycles. The van der Waals surface area contributed by atoms with Gasteiger partial charge in [-0.05, 0) is 25.3 Å². The molecule has 78 valence electrons. The molecular weight excluding hydrogens is 166 g/mol. The zero-order valence-corrected chi connectivity index (χ0v) is 8.70. The molecule has 0 aromatic heterocycles. The number of rotatable bonds is 5. The third-order valence-corrected chi connectivity index (χ3v) is 2.92. The Morgan fingerprint density at radius 2 is 2.38 bits per heavy atom. The van der Waals surface area contributed by atoms with E-state index in [1.807, 2.05) is 0 Å². The summed E-state index contributed by atoms with van der Waals surface area (Å²) in [5, 5.41) is 9.01. The first-order chi connectivity index (χ1) is 6.31. The lowest BCUT2D eigenvalue weighted by Crippen LogP contribution is -2.36. The lowest BCUT2D eigenvalue weighted by molar-refractivity contribution is 0.0974. The van der Waals surface area contributed by atoms with Crippen molar-refractivity contribution in [3.05, 3.63) is 0 Å². The van der Waals surface area contributed by atoms with Gasteiger partial charge in [-0.3, -0.25) is 4.90 Å². The Kier molecular flexibility index (Phi) is 4.70. The predicted octanol–water partition coefficient (Wildman–Crippen LogP) is 0.726. The van der Waals surface area contributed by atoms with Crippen LogP contribution in [0.15, 0.2) is 0 Å². The molecule has 0 saturated carbocycles. The van der Waals surface area contributed by atoms with Crippen LogP contribution in [-0.2, 0) is 4.74 Å². The van der Waals surface area contributed by atoms with Gasteiger partial charge in [-0.2, -0.15) is 0 Å². The van der Waals surface area contributed by atoms with E-state index in [1.54, 1.807) is 7.11 Å². The van der Waals surface area contributed by atoms with E-state index in [2.05, 4.69) is 11.8 Å². The van der Waals surface area contributed by atoms with Gasteiger partial charge in [0.15, 0.2) is 0 Å². The molecule has 2 unspecified atom stereocenters. The molecule has 0 aliphatic carbocycles. The summed E-state index contributed by atoms with van der Waals surface area (Å²) in [6.07, 6.45) is 2.27. The van der Waals surface area contributed by atoms with E-state index in [0.29, 0.717) is 18.6 Å². The highest BCUT2D eigenvalue weighted by molar-refractivity contribution is 4.80. The van der Waals surface area contributed by atoms with Crippen LogP contribution in [-0.4, -0.2) is 49.5 Å². The number of likely N-dealkylation sites (tertiary alicyclic amines) is 1. The first-order valence-corrected chi connectivity index (χ1v) is 5.15. The van der Waals surface area contributed by atoms with Gasteiger partial charge in [0.25, 0.3) is 0 Å². The smallest absolute Gasteiger partial charge is 0.0617 e. The summed E-state index contributed by atoms with van der Waals surface area (Å²) in [4.78, 5) is 2.43. The lowest BCUT2D eigenvalue weighted by Gasteiger charge is -2.25. The molecule has 0 spiro atoms. The molecule has 1 fully saturated rings. The second-order valence-corrected chi connectivity index (χ2v) is 3.85. The Morgan fingerprint density at radius 1 is 1.62 bits per heavy atom. The molecule has 0 radical (unpaired) electrons. The molecule has 1 heterocycles. The quantitative estimate of drug-likeness (QED) is 0.688. The van der Waals surface area contributed by atoms with Crippen LogP contribution >= 0.6 is 0 Å². The average molecular weight is 187 g/mol. The molecule has 0 aromatic rings. The average Bonchev–Trinajstić information content (AvgIpc) is 2.62. The number of methoxy groups -OCH3 is 1. The lowest BCUT2D eigenvalue weighted by atomic mass is 10.1. The van der Waals surface area contributed by atoms with Crippen LogP contribution in [0.4, 0.5) is 0 Å². The first-order valence-electron chi connectivity index (χ1n) is 5.15. The Morgan fingerprint density at radius 3 is 2.85 bits per heavy atom. The van der Waals surface area contributed by atoms with Crippen LogP contribution in [0.25, 0.3) is 0 Å². The Hall–Kier alpha value is -0.120. The maximum Gasteiger partial charge on any atom is 0.0617 e. The van der Waals surface area contributed by atoms with Crippen LogP contribution in [0.2, 0.25) is 0 Å². The van der Waals surface area contributed by atoms with E-state index in [-0.39, 0.29) is 0 Å². The van der Waals surface area contributed by atoms with Crippen LogP contribution in [0.5, 0.6) is 0 Å². The van der Waals surface area contributed by atoms with Gasteiger partial charge in [0.05, 0.1) is 6.61 Å². The maximum absolute atomic E-state index is 9.01. The fourth-order valence-electron chi connectivity index (χ4n) is 2.02. The van der Waals surface area contributed by atoms with E-state index in [4.69, 9.17) is 9.84 Å². The van der Waals surface area contributed by atoms with Gasteiger partial charge < -0.3 is 9.84 Å². The Labute approximate surface area is 80.7 Å². The summed E-state index contributed by atoms with van der Waals surface area (Å²) < 4.78 is 5.17. The monoisotopic (exact) mass is 187 g/mol. The van der Waals surface area contributed by atoms with E-state index < -0.39 is 0 Å². The second-order valence-electron chi connectivity index (χ2n) is 3.85. The van der Waals surface area contributed by atoms with Gasteiger partial charge >= 0.3 is 0 Å². The van der Waals surface area contributed by atoms with Crippen LogP contribution < -0.4 is 0 Å². The molecule has 0 aromatic carbocycles. The minimum Gasteiger partial charge on any atom is -0.396 e. The molecule has 13 heavy (non-hydrogen) atoms. The second kappa shape index (κ2) is 5.58. The van der Waals surface area contributed by atoms with Gasteiger partial charge in [-0.1, -0.05) is 6.92 Å². The minimum absolute atomic E-state index is 0.333. The number of nitrogens with zero attached hydrogens (tertiary/aromatic N) is 1. The van der Waals surface area contributed by atoms with Gasteiger partial charge in [0, 0.05) is 26.3 Å². The molecule has 3 heteroatoms. The van der Waals surface area contributed by atoms with Crippen molar-refractivity contribution in [1.29, 1.82) is 0 Å². The number of ether oxygens (including phenoxy) is 1. The molecule has 0 bridgehead atoms. The summed E-state index contributed by atoms with van der Waals surface area (Å²) in [5.74, 6) is 0.492. The maximum atomic E-state index is 9.01. The van der Waals surface area contributed by atoms with Crippen molar-refractivity contribution in [3.8, 4) is 0 Å². The number of aliphatic hydroxyl groups excluding tert-OH is 1. The highest BCUT2D eigenvalue weighted by atomic mass is 16.5. The van der Waals surface area contributed by atoms with Crippen molar-refractivity contribution < 1.29 is 9.84 Å². The summed E-state index contributed by atoms with van der Waals surface area (Å²) in [6, 6.07) is 0.543. The molecule has 3 nitrogen and oxygen atoms in total. The van der Waals surface area contributed by atoms with Gasteiger partial charge in [-0.15, -0.1) is 0 Å². The summed E-state index contributed by atoms with van der Waals surface area (Å²) in [5.41, 5.74) is 0. The highest BCUT2D eigenvalue weighted by Gasteiger charge is 2.26. The molecule has 1 N–H and O–H groups in total. The van der Waals surface area contributed by atoms with E-state index >= 15 is 0 Å². The van der Waals surface area contributed by atoms with Crippen LogP contribution in [0, 0.1) is 5.92 Å². The molecular formula is C10H21NO2. The Bertz CT molecular complexity index is 141. The molecule has 1 rings (SSSR count). The molecule has 2 atom stereocenters. The predicted molar refractivity (Wildman–Crippen MR) is 52.7 cm³/mol.